The summed E-state index contributed by atoms with van der Waals surface area (Å²) in [4.78, 5) is 47.4. The number of carbonyl (C=O) groups excluding carboxylic acids is 2. The number of benzene rings is 1. The van der Waals surface area contributed by atoms with Crippen molar-refractivity contribution in [2.75, 3.05) is 66.7 Å². The summed E-state index contributed by atoms with van der Waals surface area (Å²) in [7, 11) is 4.11. The topological polar surface area (TPSA) is 103 Å². The first-order valence-electron chi connectivity index (χ1n) is 15.6. The number of nitrogens with zero attached hydrogens (tertiary/aromatic N) is 4. The average Bonchev–Trinajstić information content (AvgIpc) is 3.60. The lowest BCUT2D eigenvalue weighted by Crippen LogP contribution is -2.46. The van der Waals surface area contributed by atoms with Crippen LogP contribution in [0.3, 0.4) is 0 Å². The zero-order valence-electron chi connectivity index (χ0n) is 26.1. The maximum absolute atomic E-state index is 13.8. The van der Waals surface area contributed by atoms with Crippen LogP contribution in [0.5, 0.6) is 11.5 Å². The Morgan fingerprint density at radius 1 is 1.07 bits per heavy atom. The molecule has 10 nitrogen and oxygen atoms in total. The first-order chi connectivity index (χ1) is 20.0. The van der Waals surface area contributed by atoms with Gasteiger partial charge in [-0.3, -0.25) is 19.3 Å². The second-order valence-corrected chi connectivity index (χ2v) is 13.3. The number of hydrogen-bond donors (Lipinski definition) is 1. The molecular weight excluding hydrogens is 536 g/mol. The van der Waals surface area contributed by atoms with E-state index in [0.29, 0.717) is 57.1 Å². The fourth-order valence-corrected chi connectivity index (χ4v) is 6.72. The Labute approximate surface area is 250 Å². The van der Waals surface area contributed by atoms with Crippen LogP contribution in [0.1, 0.15) is 70.8 Å². The Balaban J connectivity index is 1.54. The van der Waals surface area contributed by atoms with E-state index in [0.717, 1.165) is 37.8 Å². The molecule has 0 spiro atoms. The van der Waals surface area contributed by atoms with Gasteiger partial charge in [0.15, 0.2) is 11.5 Å². The Kier molecular flexibility index (Phi) is 10.8. The zero-order chi connectivity index (χ0) is 30.4. The van der Waals surface area contributed by atoms with Crippen LogP contribution in [0, 0.1) is 11.3 Å². The van der Waals surface area contributed by atoms with E-state index in [-0.39, 0.29) is 42.5 Å². The predicted octanol–water partition coefficient (Wildman–Crippen LogP) is 3.50. The highest BCUT2D eigenvalue weighted by Crippen LogP contribution is 2.43. The predicted molar refractivity (Wildman–Crippen MR) is 161 cm³/mol. The fourth-order valence-electron chi connectivity index (χ4n) is 6.72. The first kappa shape index (κ1) is 32.1. The van der Waals surface area contributed by atoms with Gasteiger partial charge in [-0.1, -0.05) is 33.3 Å². The van der Waals surface area contributed by atoms with Gasteiger partial charge < -0.3 is 29.3 Å². The number of fused-ring (bicyclic) bond motifs is 1. The molecule has 42 heavy (non-hydrogen) atoms. The molecule has 1 aromatic carbocycles. The summed E-state index contributed by atoms with van der Waals surface area (Å²) in [5.74, 6) is -0.468. The highest BCUT2D eigenvalue weighted by Gasteiger charge is 2.48. The molecule has 0 saturated carbocycles. The molecule has 2 fully saturated rings. The van der Waals surface area contributed by atoms with E-state index in [2.05, 4.69) is 44.7 Å². The van der Waals surface area contributed by atoms with Crippen LogP contribution in [0.15, 0.2) is 18.2 Å². The highest BCUT2D eigenvalue weighted by molar-refractivity contribution is 5.80. The minimum absolute atomic E-state index is 0.0483. The molecule has 3 aliphatic rings. The maximum Gasteiger partial charge on any atom is 0.308 e. The minimum atomic E-state index is -0.878. The Morgan fingerprint density at radius 2 is 1.79 bits per heavy atom. The van der Waals surface area contributed by atoms with Crippen molar-refractivity contribution in [2.45, 2.75) is 71.3 Å². The van der Waals surface area contributed by atoms with Crippen molar-refractivity contribution in [3.8, 4) is 11.5 Å². The number of ether oxygens (including phenoxy) is 2. The normalized spacial score (nSPS) is 23.2. The van der Waals surface area contributed by atoms with Crippen LogP contribution in [-0.2, 0) is 14.4 Å². The summed E-state index contributed by atoms with van der Waals surface area (Å²) in [5, 5.41) is 10.5. The van der Waals surface area contributed by atoms with Crippen LogP contribution in [0.4, 0.5) is 0 Å². The van der Waals surface area contributed by atoms with Gasteiger partial charge in [-0.15, -0.1) is 0 Å². The number of amides is 2. The molecule has 2 saturated heterocycles. The number of carboxylic acids is 1. The van der Waals surface area contributed by atoms with Crippen molar-refractivity contribution < 1.29 is 29.0 Å². The molecule has 0 aromatic heterocycles. The van der Waals surface area contributed by atoms with Crippen molar-refractivity contribution >= 4 is 17.8 Å². The molecule has 1 N–H and O–H groups in total. The Bertz CT molecular complexity index is 1110. The summed E-state index contributed by atoms with van der Waals surface area (Å²) in [6, 6.07) is 5.27. The van der Waals surface area contributed by atoms with Crippen LogP contribution in [-0.4, -0.2) is 115 Å². The molecule has 3 heterocycles. The van der Waals surface area contributed by atoms with Crippen molar-refractivity contribution in [1.82, 2.24) is 19.6 Å². The summed E-state index contributed by atoms with van der Waals surface area (Å²) in [6.45, 7) is 10.6. The number of likely N-dealkylation sites (tertiary alicyclic amines) is 2. The number of carboxylic acid groups (broad SMARTS) is 1. The number of unbranched alkanes of at least 4 members (excludes halogenated alkanes) is 2. The number of hydrogen-bond acceptors (Lipinski definition) is 7. The largest absolute Gasteiger partial charge is 0.481 e. The van der Waals surface area contributed by atoms with Crippen LogP contribution in [0.25, 0.3) is 0 Å². The molecule has 4 rings (SSSR count). The third kappa shape index (κ3) is 7.95. The van der Waals surface area contributed by atoms with E-state index in [1.807, 2.05) is 28.0 Å². The van der Waals surface area contributed by atoms with Gasteiger partial charge in [0, 0.05) is 51.1 Å². The van der Waals surface area contributed by atoms with E-state index in [1.54, 1.807) is 0 Å². The van der Waals surface area contributed by atoms with E-state index < -0.39 is 11.9 Å². The number of aliphatic carboxylic acids is 1. The molecule has 2 amide bonds. The molecule has 1 aromatic rings. The summed E-state index contributed by atoms with van der Waals surface area (Å²) in [5.41, 5.74) is 0.784. The van der Waals surface area contributed by atoms with Crippen LogP contribution < -0.4 is 9.47 Å². The lowest BCUT2D eigenvalue weighted by atomic mass is 9.84. The molecule has 1 unspecified atom stereocenters. The summed E-state index contributed by atoms with van der Waals surface area (Å²) >= 11 is 0. The van der Waals surface area contributed by atoms with Crippen LogP contribution in [0.2, 0.25) is 0 Å². The molecule has 3 aliphatic heterocycles. The molecule has 3 atom stereocenters. The third-order valence-electron chi connectivity index (χ3n) is 8.91. The lowest BCUT2D eigenvalue weighted by Gasteiger charge is -2.31. The van der Waals surface area contributed by atoms with Gasteiger partial charge in [0.2, 0.25) is 18.6 Å². The van der Waals surface area contributed by atoms with E-state index in [9.17, 15) is 19.5 Å². The number of rotatable bonds is 15. The SMILES string of the molecule is CCCCN(CCCCN(C)C)C(=O)CN1CC(c2ccc3c(c2)OCO3)[C@H](C(=O)O)[C@H]1CCN1CC(C)(C)CC1=O. The van der Waals surface area contributed by atoms with Gasteiger partial charge in [0.1, 0.15) is 0 Å². The van der Waals surface area contributed by atoms with Crippen molar-refractivity contribution in [2.24, 2.45) is 11.3 Å². The zero-order valence-corrected chi connectivity index (χ0v) is 26.1. The van der Waals surface area contributed by atoms with Crippen molar-refractivity contribution in [3.05, 3.63) is 23.8 Å². The third-order valence-corrected chi connectivity index (χ3v) is 8.91. The van der Waals surface area contributed by atoms with E-state index in [1.165, 1.54) is 0 Å². The van der Waals surface area contributed by atoms with Gasteiger partial charge >= 0.3 is 5.97 Å². The smallest absolute Gasteiger partial charge is 0.308 e. The van der Waals surface area contributed by atoms with E-state index >= 15 is 0 Å². The van der Waals surface area contributed by atoms with Gasteiger partial charge in [-0.2, -0.15) is 0 Å². The van der Waals surface area contributed by atoms with Crippen molar-refractivity contribution in [1.29, 1.82) is 0 Å². The minimum Gasteiger partial charge on any atom is -0.481 e. The lowest BCUT2D eigenvalue weighted by molar-refractivity contribution is -0.144. The molecular formula is C32H50N4O6. The van der Waals surface area contributed by atoms with Crippen LogP contribution >= 0.6 is 0 Å². The second kappa shape index (κ2) is 14.1. The molecule has 0 aliphatic carbocycles. The summed E-state index contributed by atoms with van der Waals surface area (Å²) in [6.07, 6.45) is 4.89. The van der Waals surface area contributed by atoms with Gasteiger partial charge in [0.05, 0.1) is 12.5 Å². The maximum atomic E-state index is 13.8. The van der Waals surface area contributed by atoms with Gasteiger partial charge in [-0.25, -0.2) is 0 Å². The summed E-state index contributed by atoms with van der Waals surface area (Å²) < 4.78 is 11.1. The molecule has 0 bridgehead atoms. The Hall–Kier alpha value is -2.85. The molecule has 234 valence electrons. The highest BCUT2D eigenvalue weighted by atomic mass is 16.7. The average molecular weight is 587 g/mol. The fraction of sp³-hybridized carbons (Fsp3) is 0.719. The number of carbonyl (C=O) groups is 3. The van der Waals surface area contributed by atoms with Gasteiger partial charge in [-0.05, 0) is 69.4 Å². The molecule has 10 heteroatoms. The monoisotopic (exact) mass is 586 g/mol. The van der Waals surface area contributed by atoms with E-state index in [4.69, 9.17) is 9.47 Å². The Morgan fingerprint density at radius 3 is 2.45 bits per heavy atom. The quantitative estimate of drug-likeness (QED) is 0.312. The van der Waals surface area contributed by atoms with Crippen molar-refractivity contribution in [3.63, 3.8) is 0 Å². The van der Waals surface area contributed by atoms with Gasteiger partial charge in [0.25, 0.3) is 0 Å². The second-order valence-electron chi connectivity index (χ2n) is 13.3. The molecule has 0 radical (unpaired) electrons. The first-order valence-corrected chi connectivity index (χ1v) is 15.6. The standard InChI is InChI=1S/C32H50N4O6/c1-6-7-14-34(15-9-8-13-33(4)5)29(38)20-36-19-24(23-10-11-26-27(17-23)42-22-41-26)30(31(39)40)25(36)12-16-35-21-32(2,3)18-28(35)37/h10-11,17,24-25,30H,6-9,12-16,18-22H2,1-5H3,(H,39,40)/t24?,25-,30+/m1/s1.